The highest BCUT2D eigenvalue weighted by molar-refractivity contribution is 7.87. The monoisotopic (exact) mass is 492 g/mol. The lowest BCUT2D eigenvalue weighted by atomic mass is 9.83. The van der Waals surface area contributed by atoms with Gasteiger partial charge in [0.1, 0.15) is 11.5 Å². The van der Waals surface area contributed by atoms with Gasteiger partial charge < -0.3 is 10.2 Å². The SMILES string of the molecule is O=S(=O)(O)C(c1cc(O)cc(O)c1)(c1ccc(Cl)c(Cl)c1)c1ccc(Cl)c(Cl)c1. The van der Waals surface area contributed by atoms with Crippen LogP contribution in [0.25, 0.3) is 0 Å². The second-order valence-corrected chi connectivity index (χ2v) is 9.34. The third-order valence-corrected chi connectivity index (χ3v) is 7.31. The van der Waals surface area contributed by atoms with E-state index < -0.39 is 26.4 Å². The lowest BCUT2D eigenvalue weighted by molar-refractivity contribution is 0.444. The van der Waals surface area contributed by atoms with Gasteiger partial charge in [0.15, 0.2) is 4.75 Å². The smallest absolute Gasteiger partial charge is 0.283 e. The Bertz CT molecular complexity index is 1140. The first-order valence-electron chi connectivity index (χ1n) is 7.88. The van der Waals surface area contributed by atoms with E-state index in [4.69, 9.17) is 46.4 Å². The molecule has 0 spiro atoms. The number of hydrogen-bond donors (Lipinski definition) is 3. The van der Waals surface area contributed by atoms with E-state index >= 15 is 0 Å². The van der Waals surface area contributed by atoms with E-state index in [0.29, 0.717) is 0 Å². The Morgan fingerprint density at radius 1 is 0.621 bits per heavy atom. The second kappa shape index (κ2) is 7.87. The summed E-state index contributed by atoms with van der Waals surface area (Å²) in [5.41, 5.74) is -0.162. The van der Waals surface area contributed by atoms with Gasteiger partial charge in [-0.2, -0.15) is 8.42 Å². The van der Waals surface area contributed by atoms with Gasteiger partial charge >= 0.3 is 0 Å². The molecule has 10 heteroatoms. The molecule has 0 atom stereocenters. The highest BCUT2D eigenvalue weighted by Crippen LogP contribution is 2.47. The van der Waals surface area contributed by atoms with E-state index in [1.165, 1.54) is 36.4 Å². The van der Waals surface area contributed by atoms with Crippen LogP contribution in [-0.2, 0) is 14.9 Å². The average Bonchev–Trinajstić information content (AvgIpc) is 2.59. The lowest BCUT2D eigenvalue weighted by Crippen LogP contribution is -2.38. The number of benzene rings is 3. The minimum atomic E-state index is -5.00. The van der Waals surface area contributed by atoms with Crippen LogP contribution in [0.4, 0.5) is 0 Å². The standard InChI is InChI=1S/C19H12Cl4O5S/c20-15-3-1-10(7-17(15)22)19(29(26,27)28,11-2-4-16(21)18(23)8-11)12-5-13(24)9-14(25)6-12/h1-9,24-25H,(H,26,27,28). The lowest BCUT2D eigenvalue weighted by Gasteiger charge is -2.33. The van der Waals surface area contributed by atoms with Gasteiger partial charge in [0.05, 0.1) is 20.1 Å². The highest BCUT2D eigenvalue weighted by atomic mass is 35.5. The van der Waals surface area contributed by atoms with Crippen molar-refractivity contribution in [1.29, 1.82) is 0 Å². The summed E-state index contributed by atoms with van der Waals surface area (Å²) in [5, 5.41) is 20.3. The maximum absolute atomic E-state index is 12.9. The maximum Gasteiger partial charge on any atom is 0.283 e. The largest absolute Gasteiger partial charge is 0.508 e. The topological polar surface area (TPSA) is 94.8 Å². The number of phenolic OH excluding ortho intramolecular Hbond substituents is 2. The van der Waals surface area contributed by atoms with Crippen LogP contribution in [0.5, 0.6) is 11.5 Å². The molecule has 0 saturated heterocycles. The van der Waals surface area contributed by atoms with E-state index in [9.17, 15) is 23.2 Å². The number of aromatic hydroxyl groups is 2. The summed E-state index contributed by atoms with van der Waals surface area (Å²) in [4.78, 5) is 0. The average molecular weight is 494 g/mol. The minimum Gasteiger partial charge on any atom is -0.508 e. The fraction of sp³-hybridized carbons (Fsp3) is 0.0526. The molecule has 152 valence electrons. The minimum absolute atomic E-state index is 0.00205. The van der Waals surface area contributed by atoms with Gasteiger partial charge in [0, 0.05) is 6.07 Å². The number of hydrogen-bond acceptors (Lipinski definition) is 4. The molecule has 0 heterocycles. The molecule has 0 unspecified atom stereocenters. The van der Waals surface area contributed by atoms with Crippen molar-refractivity contribution in [2.24, 2.45) is 0 Å². The summed E-state index contributed by atoms with van der Waals surface area (Å²) in [6.45, 7) is 0. The van der Waals surface area contributed by atoms with Crippen molar-refractivity contribution in [2.45, 2.75) is 4.75 Å². The van der Waals surface area contributed by atoms with Crippen molar-refractivity contribution in [2.75, 3.05) is 0 Å². The van der Waals surface area contributed by atoms with Gasteiger partial charge in [-0.1, -0.05) is 58.5 Å². The highest BCUT2D eigenvalue weighted by Gasteiger charge is 2.49. The molecule has 0 amide bonds. The number of rotatable bonds is 4. The molecule has 0 saturated carbocycles. The zero-order valence-corrected chi connectivity index (χ0v) is 18.1. The first-order chi connectivity index (χ1) is 13.5. The molecule has 0 fully saturated rings. The zero-order valence-electron chi connectivity index (χ0n) is 14.3. The van der Waals surface area contributed by atoms with Crippen LogP contribution >= 0.6 is 46.4 Å². The molecule has 5 nitrogen and oxygen atoms in total. The molecular weight excluding hydrogens is 482 g/mol. The summed E-state index contributed by atoms with van der Waals surface area (Å²) in [6, 6.07) is 11.2. The van der Waals surface area contributed by atoms with Crippen molar-refractivity contribution in [3.63, 3.8) is 0 Å². The fourth-order valence-corrected chi connectivity index (χ4v) is 5.04. The van der Waals surface area contributed by atoms with Gasteiger partial charge in [-0.15, -0.1) is 0 Å². The van der Waals surface area contributed by atoms with Gasteiger partial charge in [-0.25, -0.2) is 0 Å². The summed E-state index contributed by atoms with van der Waals surface area (Å²) < 4.78 is 34.0. The van der Waals surface area contributed by atoms with Crippen molar-refractivity contribution in [3.8, 4) is 11.5 Å². The van der Waals surface area contributed by atoms with Crippen LogP contribution in [0.2, 0.25) is 20.1 Å². The molecular formula is C19H12Cl4O5S. The maximum atomic E-state index is 12.9. The van der Waals surface area contributed by atoms with Gasteiger partial charge in [0.25, 0.3) is 10.1 Å². The Hall–Kier alpha value is -1.67. The molecule has 0 aromatic heterocycles. The Balaban J connectivity index is 2.55. The molecule has 0 bridgehead atoms. The molecule has 0 radical (unpaired) electrons. The second-order valence-electron chi connectivity index (χ2n) is 6.15. The van der Waals surface area contributed by atoms with Gasteiger partial charge in [-0.05, 0) is 53.1 Å². The Morgan fingerprint density at radius 2 is 1.03 bits per heavy atom. The Kier molecular flexibility index (Phi) is 5.98. The predicted molar refractivity (Wildman–Crippen MR) is 114 cm³/mol. The molecule has 3 aromatic rings. The van der Waals surface area contributed by atoms with E-state index in [0.717, 1.165) is 18.2 Å². The van der Waals surface area contributed by atoms with E-state index in [1.54, 1.807) is 0 Å². The van der Waals surface area contributed by atoms with Crippen LogP contribution in [0, 0.1) is 0 Å². The third-order valence-electron chi connectivity index (χ3n) is 4.35. The third kappa shape index (κ3) is 3.89. The Morgan fingerprint density at radius 3 is 1.38 bits per heavy atom. The summed E-state index contributed by atoms with van der Waals surface area (Å²) in [6.07, 6.45) is 0. The van der Waals surface area contributed by atoms with Gasteiger partial charge in [0.2, 0.25) is 0 Å². The normalized spacial score (nSPS) is 12.2. The molecule has 3 N–H and O–H groups in total. The summed E-state index contributed by atoms with van der Waals surface area (Å²) in [7, 11) is -5.00. The molecule has 3 rings (SSSR count). The van der Waals surface area contributed by atoms with E-state index in [2.05, 4.69) is 0 Å². The molecule has 3 aromatic carbocycles. The summed E-state index contributed by atoms with van der Waals surface area (Å²) >= 11 is 24.2. The summed E-state index contributed by atoms with van der Waals surface area (Å²) in [5.74, 6) is -0.846. The quantitative estimate of drug-likeness (QED) is 0.311. The van der Waals surface area contributed by atoms with E-state index in [1.807, 2.05) is 0 Å². The zero-order chi connectivity index (χ0) is 21.6. The molecule has 0 aliphatic heterocycles. The number of phenols is 2. The van der Waals surface area contributed by atoms with Crippen molar-refractivity contribution >= 4 is 56.5 Å². The van der Waals surface area contributed by atoms with Crippen molar-refractivity contribution < 1.29 is 23.2 Å². The van der Waals surface area contributed by atoms with Gasteiger partial charge in [-0.3, -0.25) is 4.55 Å². The first-order valence-corrected chi connectivity index (χ1v) is 10.8. The number of halogens is 4. The molecule has 0 aliphatic rings. The van der Waals surface area contributed by atoms with Crippen molar-refractivity contribution in [3.05, 3.63) is 91.4 Å². The molecule has 29 heavy (non-hydrogen) atoms. The van der Waals surface area contributed by atoms with Crippen LogP contribution in [-0.4, -0.2) is 23.2 Å². The van der Waals surface area contributed by atoms with Crippen LogP contribution < -0.4 is 0 Å². The van der Waals surface area contributed by atoms with Crippen LogP contribution in [0.15, 0.2) is 54.6 Å². The first kappa shape index (κ1) is 22.0. The van der Waals surface area contributed by atoms with Crippen molar-refractivity contribution in [1.82, 2.24) is 0 Å². The van der Waals surface area contributed by atoms with Crippen LogP contribution in [0.1, 0.15) is 16.7 Å². The fourth-order valence-electron chi connectivity index (χ4n) is 3.18. The van der Waals surface area contributed by atoms with E-state index in [-0.39, 0.29) is 36.8 Å². The predicted octanol–water partition coefficient (Wildman–Crippen LogP) is 5.89. The molecule has 0 aliphatic carbocycles. The Labute approximate surface area is 186 Å². The van der Waals surface area contributed by atoms with Crippen LogP contribution in [0.3, 0.4) is 0 Å².